The lowest BCUT2D eigenvalue weighted by Crippen LogP contribution is -2.41. The molecular weight excluding hydrogens is 460 g/mol. The third kappa shape index (κ3) is 4.52. The zero-order valence-electron chi connectivity index (χ0n) is 19.2. The number of thiophene rings is 1. The van der Waals surface area contributed by atoms with Gasteiger partial charge in [0.05, 0.1) is 5.52 Å². The number of rotatable bonds is 7. The Balaban J connectivity index is 1.58. The van der Waals surface area contributed by atoms with Crippen LogP contribution in [-0.4, -0.2) is 20.0 Å². The minimum Gasteiger partial charge on any atom is -0.325 e. The van der Waals surface area contributed by atoms with Crippen LogP contribution >= 0.6 is 11.3 Å². The van der Waals surface area contributed by atoms with Gasteiger partial charge in [-0.25, -0.2) is 9.78 Å². The minimum absolute atomic E-state index is 0.210. The van der Waals surface area contributed by atoms with Crippen molar-refractivity contribution in [3.05, 3.63) is 105 Å². The van der Waals surface area contributed by atoms with Crippen molar-refractivity contribution in [1.82, 2.24) is 14.1 Å². The van der Waals surface area contributed by atoms with Crippen molar-refractivity contribution >= 4 is 43.4 Å². The second-order valence-electron chi connectivity index (χ2n) is 8.30. The van der Waals surface area contributed by atoms with E-state index in [4.69, 9.17) is 0 Å². The lowest BCUT2D eigenvalue weighted by Gasteiger charge is -2.13. The molecule has 0 unspecified atom stereocenters. The average Bonchev–Trinajstić information content (AvgIpc) is 3.27. The van der Waals surface area contributed by atoms with E-state index in [0.29, 0.717) is 32.5 Å². The highest BCUT2D eigenvalue weighted by Crippen LogP contribution is 2.29. The van der Waals surface area contributed by atoms with Gasteiger partial charge < -0.3 is 5.32 Å². The van der Waals surface area contributed by atoms with E-state index in [2.05, 4.69) is 10.3 Å². The zero-order valence-corrected chi connectivity index (χ0v) is 20.0. The van der Waals surface area contributed by atoms with Gasteiger partial charge in [-0.3, -0.25) is 18.7 Å². The molecule has 8 heteroatoms. The fourth-order valence-corrected chi connectivity index (χ4v) is 5.32. The summed E-state index contributed by atoms with van der Waals surface area (Å²) < 4.78 is 3.06. The number of carbonyl (C=O) groups is 1. The largest absolute Gasteiger partial charge is 0.332 e. The summed E-state index contributed by atoms with van der Waals surface area (Å²) in [4.78, 5) is 45.0. The van der Waals surface area contributed by atoms with E-state index in [0.717, 1.165) is 17.5 Å². The number of carbonyl (C=O) groups excluding carboxylic acids is 1. The molecule has 3 heterocycles. The molecule has 0 saturated carbocycles. The molecule has 0 aliphatic rings. The molecule has 176 valence electrons. The van der Waals surface area contributed by atoms with E-state index < -0.39 is 5.69 Å². The maximum absolute atomic E-state index is 13.6. The van der Waals surface area contributed by atoms with Gasteiger partial charge in [0.2, 0.25) is 5.91 Å². The summed E-state index contributed by atoms with van der Waals surface area (Å²) >= 11 is 1.25. The Morgan fingerprint density at radius 1 is 0.971 bits per heavy atom. The summed E-state index contributed by atoms with van der Waals surface area (Å²) in [5.41, 5.74) is 2.41. The van der Waals surface area contributed by atoms with Crippen LogP contribution in [0.3, 0.4) is 0 Å². The molecule has 0 spiro atoms. The first-order chi connectivity index (χ1) is 17.0. The molecule has 0 radical (unpaired) electrons. The van der Waals surface area contributed by atoms with Gasteiger partial charge >= 0.3 is 5.69 Å². The molecule has 0 aliphatic carbocycles. The summed E-state index contributed by atoms with van der Waals surface area (Å²) in [6, 6.07) is 20.9. The first-order valence-electron chi connectivity index (χ1n) is 11.5. The van der Waals surface area contributed by atoms with Crippen LogP contribution in [0.2, 0.25) is 0 Å². The summed E-state index contributed by atoms with van der Waals surface area (Å²) in [5, 5.41) is 3.58. The smallest absolute Gasteiger partial charge is 0.325 e. The van der Waals surface area contributed by atoms with Crippen LogP contribution in [0.5, 0.6) is 0 Å². The van der Waals surface area contributed by atoms with Gasteiger partial charge in [0, 0.05) is 23.8 Å². The Labute approximate surface area is 205 Å². The second kappa shape index (κ2) is 9.68. The molecule has 5 rings (SSSR count). The van der Waals surface area contributed by atoms with Gasteiger partial charge in [-0.05, 0) is 48.2 Å². The maximum Gasteiger partial charge on any atom is 0.332 e. The van der Waals surface area contributed by atoms with Crippen molar-refractivity contribution in [2.75, 3.05) is 5.32 Å². The Bertz CT molecular complexity index is 1650. The topological polar surface area (TPSA) is 86.0 Å². The molecule has 3 aromatic heterocycles. The normalized spacial score (nSPS) is 11.2. The van der Waals surface area contributed by atoms with Crippen molar-refractivity contribution in [2.45, 2.75) is 32.9 Å². The number of amides is 1. The van der Waals surface area contributed by atoms with Crippen molar-refractivity contribution in [2.24, 2.45) is 0 Å². The molecule has 2 aromatic carbocycles. The minimum atomic E-state index is -0.501. The fraction of sp³-hybridized carbons (Fsp3) is 0.185. The molecule has 5 aromatic rings. The van der Waals surface area contributed by atoms with Gasteiger partial charge in [0.1, 0.15) is 16.1 Å². The molecule has 7 nitrogen and oxygen atoms in total. The van der Waals surface area contributed by atoms with Crippen LogP contribution in [0.4, 0.5) is 5.69 Å². The van der Waals surface area contributed by atoms with Crippen LogP contribution in [-0.2, 0) is 30.7 Å². The standard InChI is InChI=1S/C27H24N4O3S/c1-2-18-10-6-11-20(16-18)29-22(32)17-31-23-21-12-7-14-28-25(21)35-24(23)26(33)30(27(31)34)15-13-19-8-4-3-5-9-19/h3-12,14,16H,2,13,15,17H2,1H3,(H,29,32). The highest BCUT2D eigenvalue weighted by Gasteiger charge is 2.20. The van der Waals surface area contributed by atoms with Crippen molar-refractivity contribution < 1.29 is 4.79 Å². The van der Waals surface area contributed by atoms with Crippen molar-refractivity contribution in [3.63, 3.8) is 0 Å². The zero-order chi connectivity index (χ0) is 24.4. The van der Waals surface area contributed by atoms with Gasteiger partial charge in [-0.1, -0.05) is 49.4 Å². The first kappa shape index (κ1) is 22.7. The molecule has 0 bridgehead atoms. The Kier molecular flexibility index (Phi) is 6.29. The predicted octanol–water partition coefficient (Wildman–Crippen LogP) is 4.22. The molecule has 0 saturated heterocycles. The van der Waals surface area contributed by atoms with Crippen LogP contribution in [0.15, 0.2) is 82.5 Å². The van der Waals surface area contributed by atoms with E-state index in [-0.39, 0.29) is 24.6 Å². The molecular formula is C27H24N4O3S. The van der Waals surface area contributed by atoms with Crippen molar-refractivity contribution in [1.29, 1.82) is 0 Å². The quantitative estimate of drug-likeness (QED) is 0.375. The molecule has 1 amide bonds. The number of benzene rings is 2. The molecule has 1 N–H and O–H groups in total. The molecule has 0 aliphatic heterocycles. The van der Waals surface area contributed by atoms with E-state index in [9.17, 15) is 14.4 Å². The summed E-state index contributed by atoms with van der Waals surface area (Å²) in [7, 11) is 0. The number of pyridine rings is 1. The number of nitrogens with one attached hydrogen (secondary N) is 1. The molecule has 0 fully saturated rings. The lowest BCUT2D eigenvalue weighted by molar-refractivity contribution is -0.116. The predicted molar refractivity (Wildman–Crippen MR) is 140 cm³/mol. The maximum atomic E-state index is 13.6. The Morgan fingerprint density at radius 3 is 2.57 bits per heavy atom. The number of hydrogen-bond acceptors (Lipinski definition) is 5. The third-order valence-corrected chi connectivity index (χ3v) is 7.09. The number of nitrogens with zero attached hydrogens (tertiary/aromatic N) is 3. The van der Waals surface area contributed by atoms with Crippen molar-refractivity contribution in [3.8, 4) is 0 Å². The third-order valence-electron chi connectivity index (χ3n) is 6.00. The number of anilines is 1. The van der Waals surface area contributed by atoms with Gasteiger partial charge in [0.15, 0.2) is 0 Å². The Morgan fingerprint density at radius 2 is 1.77 bits per heavy atom. The highest BCUT2D eigenvalue weighted by molar-refractivity contribution is 7.25. The average molecular weight is 485 g/mol. The SMILES string of the molecule is CCc1cccc(NC(=O)Cn2c(=O)n(CCc3ccccc3)c(=O)c3sc4ncccc4c32)c1. The highest BCUT2D eigenvalue weighted by atomic mass is 32.1. The van der Waals surface area contributed by atoms with E-state index in [1.54, 1.807) is 12.3 Å². The first-order valence-corrected chi connectivity index (χ1v) is 12.3. The van der Waals surface area contributed by atoms with Gasteiger partial charge in [0.25, 0.3) is 5.56 Å². The van der Waals surface area contributed by atoms with E-state index in [1.807, 2.05) is 67.6 Å². The van der Waals surface area contributed by atoms with Gasteiger partial charge in [-0.15, -0.1) is 11.3 Å². The monoisotopic (exact) mass is 484 g/mol. The number of aromatic nitrogens is 3. The van der Waals surface area contributed by atoms with Gasteiger partial charge in [-0.2, -0.15) is 0 Å². The Hall–Kier alpha value is -4.04. The number of fused-ring (bicyclic) bond motifs is 3. The van der Waals surface area contributed by atoms with Crippen LogP contribution < -0.4 is 16.6 Å². The molecule has 35 heavy (non-hydrogen) atoms. The second-order valence-corrected chi connectivity index (χ2v) is 9.30. The van der Waals surface area contributed by atoms with E-state index in [1.165, 1.54) is 20.5 Å². The summed E-state index contributed by atoms with van der Waals surface area (Å²) in [6.07, 6.45) is 3.03. The number of aryl methyl sites for hydroxylation is 2. The van der Waals surface area contributed by atoms with Crippen LogP contribution in [0.25, 0.3) is 20.4 Å². The lowest BCUT2D eigenvalue weighted by atomic mass is 10.1. The molecule has 0 atom stereocenters. The van der Waals surface area contributed by atoms with Crippen LogP contribution in [0, 0.1) is 0 Å². The summed E-state index contributed by atoms with van der Waals surface area (Å²) in [6.45, 7) is 2.06. The van der Waals surface area contributed by atoms with E-state index >= 15 is 0 Å². The number of hydrogen-bond donors (Lipinski definition) is 1. The fourth-order valence-electron chi connectivity index (χ4n) is 4.23. The van der Waals surface area contributed by atoms with Crippen LogP contribution in [0.1, 0.15) is 18.1 Å². The summed E-state index contributed by atoms with van der Waals surface area (Å²) in [5.74, 6) is -0.335.